The minimum Gasteiger partial charge on any atom is -0.302 e. The average Bonchev–Trinajstić information content (AvgIpc) is 3.39. The van der Waals surface area contributed by atoms with Crippen LogP contribution in [0.15, 0.2) is 65.1 Å². The molecule has 0 aliphatic carbocycles. The summed E-state index contributed by atoms with van der Waals surface area (Å²) in [6, 6.07) is 18.0. The van der Waals surface area contributed by atoms with Crippen molar-refractivity contribution in [2.45, 2.75) is 38.2 Å². The molecule has 0 aliphatic rings. The summed E-state index contributed by atoms with van der Waals surface area (Å²) in [7, 11) is 0. The maximum Gasteiger partial charge on any atom is 0.230 e. The molecule has 0 saturated heterocycles. The van der Waals surface area contributed by atoms with Crippen molar-refractivity contribution in [3.05, 3.63) is 71.2 Å². The van der Waals surface area contributed by atoms with Gasteiger partial charge >= 0.3 is 0 Å². The maximum atomic E-state index is 12.3. The molecule has 0 atom stereocenters. The first kappa shape index (κ1) is 21.3. The third kappa shape index (κ3) is 4.70. The van der Waals surface area contributed by atoms with Gasteiger partial charge in [-0.1, -0.05) is 54.2 Å². The first-order valence-electron chi connectivity index (χ1n) is 10.00. The van der Waals surface area contributed by atoms with Crippen LogP contribution in [-0.4, -0.2) is 25.7 Å². The summed E-state index contributed by atoms with van der Waals surface area (Å²) < 4.78 is 2.11. The molecule has 0 radical (unpaired) electrons. The monoisotopic (exact) mass is 449 g/mol. The van der Waals surface area contributed by atoms with Gasteiger partial charge in [-0.15, -0.1) is 21.5 Å². The number of carbonyl (C=O) groups excluding carboxylic acids is 1. The second-order valence-electron chi connectivity index (χ2n) is 7.02. The van der Waals surface area contributed by atoms with Crippen LogP contribution in [0.4, 0.5) is 10.8 Å². The minimum atomic E-state index is -0.0580. The van der Waals surface area contributed by atoms with Crippen molar-refractivity contribution >= 4 is 39.8 Å². The van der Waals surface area contributed by atoms with E-state index in [0.717, 1.165) is 40.0 Å². The second-order valence-corrected chi connectivity index (χ2v) is 8.80. The van der Waals surface area contributed by atoms with Gasteiger partial charge in [0.25, 0.3) is 0 Å². The molecule has 0 unspecified atom stereocenters. The van der Waals surface area contributed by atoms with E-state index in [1.54, 1.807) is 23.6 Å². The van der Waals surface area contributed by atoms with Crippen molar-refractivity contribution < 1.29 is 4.79 Å². The third-order valence-corrected chi connectivity index (χ3v) is 6.59. The fourth-order valence-electron chi connectivity index (χ4n) is 3.28. The number of thioether (sulfide) groups is 1. The van der Waals surface area contributed by atoms with Gasteiger partial charge in [0.2, 0.25) is 5.91 Å². The first-order valence-corrected chi connectivity index (χ1v) is 11.9. The lowest BCUT2D eigenvalue weighted by Crippen LogP contribution is -2.22. The van der Waals surface area contributed by atoms with E-state index in [2.05, 4.69) is 21.7 Å². The predicted octanol–water partition coefficient (Wildman–Crippen LogP) is 5.71. The Balaban J connectivity index is 1.52. The molecular weight excluding hydrogens is 426 g/mol. The van der Waals surface area contributed by atoms with Crippen molar-refractivity contribution in [3.8, 4) is 11.4 Å². The van der Waals surface area contributed by atoms with Gasteiger partial charge in [-0.2, -0.15) is 0 Å². The quantitative estimate of drug-likeness (QED) is 0.338. The zero-order valence-electron chi connectivity index (χ0n) is 17.6. The van der Waals surface area contributed by atoms with Gasteiger partial charge in [-0.25, -0.2) is 4.98 Å². The highest BCUT2D eigenvalue weighted by atomic mass is 32.2. The molecule has 0 bridgehead atoms. The molecular formula is C23H23N5OS2. The Kier molecular flexibility index (Phi) is 6.48. The van der Waals surface area contributed by atoms with Gasteiger partial charge in [0.15, 0.2) is 16.1 Å². The summed E-state index contributed by atoms with van der Waals surface area (Å²) >= 11 is 3.07. The van der Waals surface area contributed by atoms with E-state index in [0.29, 0.717) is 10.9 Å². The molecule has 8 heteroatoms. The molecule has 0 N–H and O–H groups in total. The number of benzene rings is 2. The molecule has 31 heavy (non-hydrogen) atoms. The number of nitrogens with zero attached hydrogens (tertiary/aromatic N) is 5. The molecule has 2 aromatic heterocycles. The maximum absolute atomic E-state index is 12.3. The Morgan fingerprint density at radius 3 is 2.65 bits per heavy atom. The van der Waals surface area contributed by atoms with Crippen LogP contribution in [0.2, 0.25) is 0 Å². The van der Waals surface area contributed by atoms with Crippen molar-refractivity contribution in [2.75, 3.05) is 4.90 Å². The van der Waals surface area contributed by atoms with Crippen molar-refractivity contribution in [1.82, 2.24) is 19.7 Å². The van der Waals surface area contributed by atoms with Crippen molar-refractivity contribution in [3.63, 3.8) is 0 Å². The number of amides is 1. The number of thiazole rings is 1. The normalized spacial score (nSPS) is 10.9. The lowest BCUT2D eigenvalue weighted by molar-refractivity contribution is -0.115. The summed E-state index contributed by atoms with van der Waals surface area (Å²) in [5, 5.41) is 12.3. The lowest BCUT2D eigenvalue weighted by Gasteiger charge is -2.18. The van der Waals surface area contributed by atoms with Crippen LogP contribution in [0.5, 0.6) is 0 Å². The van der Waals surface area contributed by atoms with Gasteiger partial charge < -0.3 is 4.57 Å². The molecule has 0 aliphatic heterocycles. The lowest BCUT2D eigenvalue weighted by atomic mass is 10.2. The molecule has 0 fully saturated rings. The fourth-order valence-corrected chi connectivity index (χ4v) is 5.17. The summed E-state index contributed by atoms with van der Waals surface area (Å²) in [5.74, 6) is 1.47. The van der Waals surface area contributed by atoms with Gasteiger partial charge in [-0.05, 0) is 31.5 Å². The van der Waals surface area contributed by atoms with Crippen LogP contribution in [0, 0.1) is 6.92 Å². The van der Waals surface area contributed by atoms with Gasteiger partial charge in [0.1, 0.15) is 0 Å². The van der Waals surface area contributed by atoms with Gasteiger partial charge in [-0.3, -0.25) is 9.69 Å². The molecule has 6 nitrogen and oxygen atoms in total. The molecule has 0 spiro atoms. The predicted molar refractivity (Wildman–Crippen MR) is 127 cm³/mol. The molecule has 0 saturated carbocycles. The molecule has 2 heterocycles. The van der Waals surface area contributed by atoms with Crippen LogP contribution in [0.1, 0.15) is 25.1 Å². The van der Waals surface area contributed by atoms with Crippen LogP contribution >= 0.6 is 23.1 Å². The number of aryl methyl sites for hydroxylation is 1. The van der Waals surface area contributed by atoms with E-state index < -0.39 is 0 Å². The van der Waals surface area contributed by atoms with E-state index in [1.165, 1.54) is 11.3 Å². The van der Waals surface area contributed by atoms with Gasteiger partial charge in [0, 0.05) is 30.2 Å². The van der Waals surface area contributed by atoms with Crippen molar-refractivity contribution in [1.29, 1.82) is 0 Å². The Labute approximate surface area is 190 Å². The van der Waals surface area contributed by atoms with E-state index in [9.17, 15) is 4.79 Å². The Morgan fingerprint density at radius 2 is 1.94 bits per heavy atom. The minimum absolute atomic E-state index is 0.0580. The highest BCUT2D eigenvalue weighted by molar-refractivity contribution is 7.98. The zero-order chi connectivity index (χ0) is 21.8. The average molecular weight is 450 g/mol. The molecule has 1 amide bonds. The number of hydrogen-bond acceptors (Lipinski definition) is 6. The molecule has 4 rings (SSSR count). The summed E-state index contributed by atoms with van der Waals surface area (Å²) in [5.41, 5.74) is 3.90. The van der Waals surface area contributed by atoms with Gasteiger partial charge in [0.05, 0.1) is 11.4 Å². The zero-order valence-corrected chi connectivity index (χ0v) is 19.3. The molecule has 158 valence electrons. The standard InChI is InChI=1S/C23H23N5OS2/c1-4-27-21(18-10-6-5-7-11-18)25-26-23(27)31-15-19-14-30-22(24-19)28(17(3)29)20-12-8-9-16(2)13-20/h5-14H,4,15H2,1-3H3. The Hall–Kier alpha value is -2.97. The number of rotatable bonds is 7. The van der Waals surface area contributed by atoms with Crippen LogP contribution < -0.4 is 4.90 Å². The van der Waals surface area contributed by atoms with E-state index in [-0.39, 0.29) is 5.91 Å². The first-order chi connectivity index (χ1) is 15.1. The highest BCUT2D eigenvalue weighted by Gasteiger charge is 2.19. The molecule has 4 aromatic rings. The number of anilines is 2. The van der Waals surface area contributed by atoms with E-state index in [1.807, 2.05) is 66.9 Å². The third-order valence-electron chi connectivity index (χ3n) is 4.72. The Bertz CT molecular complexity index is 1190. The fraction of sp³-hybridized carbons (Fsp3) is 0.217. The summed E-state index contributed by atoms with van der Waals surface area (Å²) in [6.07, 6.45) is 0. The Morgan fingerprint density at radius 1 is 1.13 bits per heavy atom. The van der Waals surface area contributed by atoms with E-state index in [4.69, 9.17) is 4.98 Å². The highest BCUT2D eigenvalue weighted by Crippen LogP contribution is 2.32. The largest absolute Gasteiger partial charge is 0.302 e. The van der Waals surface area contributed by atoms with Crippen molar-refractivity contribution in [2.24, 2.45) is 0 Å². The SMILES string of the molecule is CCn1c(SCc2csc(N(C(C)=O)c3cccc(C)c3)n2)nnc1-c1ccccc1. The molecule has 2 aromatic carbocycles. The number of carbonyl (C=O) groups is 1. The number of hydrogen-bond donors (Lipinski definition) is 0. The van der Waals surface area contributed by atoms with Crippen LogP contribution in [-0.2, 0) is 17.1 Å². The smallest absolute Gasteiger partial charge is 0.230 e. The van der Waals surface area contributed by atoms with Crippen LogP contribution in [0.3, 0.4) is 0 Å². The second kappa shape index (κ2) is 9.45. The topological polar surface area (TPSA) is 63.9 Å². The van der Waals surface area contributed by atoms with E-state index >= 15 is 0 Å². The number of aromatic nitrogens is 4. The van der Waals surface area contributed by atoms with Crippen LogP contribution in [0.25, 0.3) is 11.4 Å². The summed E-state index contributed by atoms with van der Waals surface area (Å²) in [4.78, 5) is 18.7. The summed E-state index contributed by atoms with van der Waals surface area (Å²) in [6.45, 7) is 6.45.